The Labute approximate surface area is 157 Å². The van der Waals surface area contributed by atoms with Crippen LogP contribution in [0.1, 0.15) is 38.3 Å². The van der Waals surface area contributed by atoms with Gasteiger partial charge >= 0.3 is 0 Å². The number of unbranched alkanes of at least 4 members (excludes halogenated alkanes) is 2. The average molecular weight is 380 g/mol. The Bertz CT molecular complexity index is 710. The number of aliphatic hydroxyl groups is 1. The monoisotopic (exact) mass is 379 g/mol. The maximum absolute atomic E-state index is 14.2. The molecule has 26 heavy (non-hydrogen) atoms. The number of halogens is 1. The summed E-state index contributed by atoms with van der Waals surface area (Å²) in [6, 6.07) is 4.90. The lowest BCUT2D eigenvalue weighted by atomic mass is 10.2. The second-order valence-corrected chi connectivity index (χ2v) is 7.51. The molecule has 1 aromatic carbocycles. The van der Waals surface area contributed by atoms with Crippen LogP contribution >= 0.6 is 11.3 Å². The standard InChI is InChI=1S/C19H26FN3O2S/c1-2-3-4-9-25-18-6-5-14(10-17(18)20)21-19-22-15(13-26-19)11-23-8-7-16(24)12-23/h5-6,10,13,16,24H,2-4,7-9,11-12H2,1H3,(H,21,22). The largest absolute Gasteiger partial charge is 0.491 e. The summed E-state index contributed by atoms with van der Waals surface area (Å²) in [5.74, 6) is -0.0756. The van der Waals surface area contributed by atoms with Gasteiger partial charge in [0.15, 0.2) is 16.7 Å². The van der Waals surface area contributed by atoms with Gasteiger partial charge in [0.25, 0.3) is 0 Å². The molecule has 142 valence electrons. The van der Waals surface area contributed by atoms with E-state index in [0.717, 1.165) is 49.6 Å². The average Bonchev–Trinajstić information content (AvgIpc) is 3.22. The molecule has 1 fully saturated rings. The molecule has 3 rings (SSSR count). The van der Waals surface area contributed by atoms with Crippen molar-refractivity contribution >= 4 is 22.2 Å². The van der Waals surface area contributed by atoms with Crippen LogP contribution < -0.4 is 10.1 Å². The number of hydrogen-bond donors (Lipinski definition) is 2. The van der Waals surface area contributed by atoms with Gasteiger partial charge in [-0.2, -0.15) is 0 Å². The number of benzene rings is 1. The molecule has 7 heteroatoms. The van der Waals surface area contributed by atoms with Crippen LogP contribution in [0, 0.1) is 5.82 Å². The van der Waals surface area contributed by atoms with Crippen LogP contribution in [0.25, 0.3) is 0 Å². The van der Waals surface area contributed by atoms with Gasteiger partial charge in [0.1, 0.15) is 0 Å². The maximum Gasteiger partial charge on any atom is 0.187 e. The summed E-state index contributed by atoms with van der Waals surface area (Å²) in [6.07, 6.45) is 3.73. The first-order valence-electron chi connectivity index (χ1n) is 9.18. The van der Waals surface area contributed by atoms with E-state index in [1.54, 1.807) is 12.1 Å². The number of thiazole rings is 1. The van der Waals surface area contributed by atoms with E-state index in [1.165, 1.54) is 17.4 Å². The summed E-state index contributed by atoms with van der Waals surface area (Å²) in [5, 5.41) is 15.5. The molecule has 0 amide bonds. The highest BCUT2D eigenvalue weighted by atomic mass is 32.1. The molecule has 1 atom stereocenters. The molecule has 0 spiro atoms. The minimum Gasteiger partial charge on any atom is -0.491 e. The summed E-state index contributed by atoms with van der Waals surface area (Å²) < 4.78 is 19.7. The molecule has 1 aliphatic rings. The fraction of sp³-hybridized carbons (Fsp3) is 0.526. The summed E-state index contributed by atoms with van der Waals surface area (Å²) in [4.78, 5) is 6.73. The Morgan fingerprint density at radius 3 is 3.04 bits per heavy atom. The number of β-amino-alcohol motifs (C(OH)–C–C–N with tert-alkyl or cyclic N) is 1. The quantitative estimate of drug-likeness (QED) is 0.641. The van der Waals surface area contributed by atoms with Crippen molar-refractivity contribution in [2.75, 3.05) is 25.0 Å². The molecule has 0 bridgehead atoms. The molecule has 2 N–H and O–H groups in total. The van der Waals surface area contributed by atoms with Gasteiger partial charge in [-0.05, 0) is 25.0 Å². The third kappa shape index (κ3) is 5.40. The van der Waals surface area contributed by atoms with Crippen molar-refractivity contribution in [2.45, 2.75) is 45.3 Å². The van der Waals surface area contributed by atoms with Crippen molar-refractivity contribution in [2.24, 2.45) is 0 Å². The third-order valence-corrected chi connectivity index (χ3v) is 5.18. The van der Waals surface area contributed by atoms with Crippen molar-refractivity contribution in [1.82, 2.24) is 9.88 Å². The van der Waals surface area contributed by atoms with Crippen molar-refractivity contribution in [3.8, 4) is 5.75 Å². The Morgan fingerprint density at radius 2 is 2.31 bits per heavy atom. The molecule has 2 heterocycles. The lowest BCUT2D eigenvalue weighted by Crippen LogP contribution is -2.21. The fourth-order valence-electron chi connectivity index (χ4n) is 2.98. The fourth-order valence-corrected chi connectivity index (χ4v) is 3.70. The Kier molecular flexibility index (Phi) is 6.82. The first kappa shape index (κ1) is 19.1. The number of rotatable bonds is 9. The van der Waals surface area contributed by atoms with Crippen LogP contribution in [0.15, 0.2) is 23.6 Å². The normalized spacial score (nSPS) is 17.6. The van der Waals surface area contributed by atoms with Crippen LogP contribution in [0.2, 0.25) is 0 Å². The van der Waals surface area contributed by atoms with E-state index in [9.17, 15) is 9.50 Å². The van der Waals surface area contributed by atoms with Gasteiger partial charge in [-0.25, -0.2) is 9.37 Å². The highest BCUT2D eigenvalue weighted by Crippen LogP contribution is 2.26. The zero-order valence-electron chi connectivity index (χ0n) is 15.1. The lowest BCUT2D eigenvalue weighted by molar-refractivity contribution is 0.174. The number of nitrogens with one attached hydrogen (secondary N) is 1. The van der Waals surface area contributed by atoms with E-state index in [0.29, 0.717) is 24.6 Å². The van der Waals surface area contributed by atoms with Crippen LogP contribution in [0.4, 0.5) is 15.2 Å². The first-order valence-corrected chi connectivity index (χ1v) is 10.1. The Balaban J connectivity index is 1.53. The number of ether oxygens (including phenoxy) is 1. The van der Waals surface area contributed by atoms with E-state index >= 15 is 0 Å². The molecule has 5 nitrogen and oxygen atoms in total. The second kappa shape index (κ2) is 9.30. The summed E-state index contributed by atoms with van der Waals surface area (Å²) in [6.45, 7) is 4.99. The van der Waals surface area contributed by atoms with Gasteiger partial charge in [0, 0.05) is 36.8 Å². The van der Waals surface area contributed by atoms with Gasteiger partial charge in [-0.15, -0.1) is 11.3 Å². The number of aliphatic hydroxyl groups excluding tert-OH is 1. The van der Waals surface area contributed by atoms with E-state index in [1.807, 2.05) is 5.38 Å². The van der Waals surface area contributed by atoms with Crippen molar-refractivity contribution in [3.63, 3.8) is 0 Å². The summed E-state index contributed by atoms with van der Waals surface area (Å²) >= 11 is 1.49. The summed E-state index contributed by atoms with van der Waals surface area (Å²) in [5.41, 5.74) is 1.61. The van der Waals surface area contributed by atoms with E-state index < -0.39 is 0 Å². The van der Waals surface area contributed by atoms with Crippen LogP contribution in [0.3, 0.4) is 0 Å². The molecule has 0 saturated carbocycles. The minimum atomic E-state index is -0.366. The van der Waals surface area contributed by atoms with Gasteiger partial charge in [-0.1, -0.05) is 19.8 Å². The highest BCUT2D eigenvalue weighted by molar-refractivity contribution is 7.13. The molecule has 0 radical (unpaired) electrons. The van der Waals surface area contributed by atoms with E-state index in [2.05, 4.69) is 22.1 Å². The number of nitrogens with zero attached hydrogens (tertiary/aromatic N) is 2. The van der Waals surface area contributed by atoms with Crippen LogP contribution in [-0.4, -0.2) is 40.8 Å². The topological polar surface area (TPSA) is 57.6 Å². The van der Waals surface area contributed by atoms with Gasteiger partial charge in [-0.3, -0.25) is 4.90 Å². The smallest absolute Gasteiger partial charge is 0.187 e. The summed E-state index contributed by atoms with van der Waals surface area (Å²) in [7, 11) is 0. The molecular weight excluding hydrogens is 353 g/mol. The molecule has 1 unspecified atom stereocenters. The Morgan fingerprint density at radius 1 is 1.42 bits per heavy atom. The molecule has 2 aromatic rings. The zero-order chi connectivity index (χ0) is 18.4. The van der Waals surface area contributed by atoms with E-state index in [-0.39, 0.29) is 11.9 Å². The van der Waals surface area contributed by atoms with Crippen molar-refractivity contribution in [1.29, 1.82) is 0 Å². The highest BCUT2D eigenvalue weighted by Gasteiger charge is 2.20. The first-order chi connectivity index (χ1) is 12.6. The minimum absolute atomic E-state index is 0.225. The lowest BCUT2D eigenvalue weighted by Gasteiger charge is -2.12. The number of aromatic nitrogens is 1. The molecule has 1 aromatic heterocycles. The number of anilines is 2. The van der Waals surface area contributed by atoms with Gasteiger partial charge < -0.3 is 15.2 Å². The van der Waals surface area contributed by atoms with Crippen molar-refractivity contribution in [3.05, 3.63) is 35.1 Å². The number of hydrogen-bond acceptors (Lipinski definition) is 6. The zero-order valence-corrected chi connectivity index (χ0v) is 15.9. The molecule has 1 aliphatic heterocycles. The predicted molar refractivity (Wildman–Crippen MR) is 103 cm³/mol. The SMILES string of the molecule is CCCCCOc1ccc(Nc2nc(CN3CCC(O)C3)cs2)cc1F. The second-order valence-electron chi connectivity index (χ2n) is 6.65. The van der Waals surface area contributed by atoms with Crippen LogP contribution in [0.5, 0.6) is 5.75 Å². The van der Waals surface area contributed by atoms with Gasteiger partial charge in [0.2, 0.25) is 0 Å². The van der Waals surface area contributed by atoms with Gasteiger partial charge in [0.05, 0.1) is 18.4 Å². The molecular formula is C19H26FN3O2S. The number of likely N-dealkylation sites (tertiary alicyclic amines) is 1. The predicted octanol–water partition coefficient (Wildman–Crippen LogP) is 4.16. The maximum atomic E-state index is 14.2. The van der Waals surface area contributed by atoms with E-state index in [4.69, 9.17) is 4.74 Å². The molecule has 0 aliphatic carbocycles. The van der Waals surface area contributed by atoms with Crippen molar-refractivity contribution < 1.29 is 14.2 Å². The third-order valence-electron chi connectivity index (χ3n) is 4.37. The molecule has 1 saturated heterocycles. The Hall–Kier alpha value is -1.70. The van der Waals surface area contributed by atoms with Crippen LogP contribution in [-0.2, 0) is 6.54 Å².